The van der Waals surface area contributed by atoms with E-state index < -0.39 is 0 Å². The number of ether oxygens (including phenoxy) is 2. The molecular formula is C23H33N3O3. The lowest BCUT2D eigenvalue weighted by molar-refractivity contribution is 0.0209. The van der Waals surface area contributed by atoms with Gasteiger partial charge in [0, 0.05) is 37.6 Å². The number of hydrogen-bond donors (Lipinski definition) is 1. The van der Waals surface area contributed by atoms with E-state index in [1.807, 2.05) is 16.7 Å². The molecule has 6 heteroatoms. The maximum absolute atomic E-state index is 13.0. The van der Waals surface area contributed by atoms with Crippen molar-refractivity contribution in [2.75, 3.05) is 13.7 Å². The van der Waals surface area contributed by atoms with Crippen molar-refractivity contribution in [2.45, 2.75) is 83.0 Å². The fourth-order valence-corrected chi connectivity index (χ4v) is 4.22. The average molecular weight is 400 g/mol. The molecule has 2 aliphatic carbocycles. The van der Waals surface area contributed by atoms with Crippen LogP contribution in [0.4, 0.5) is 0 Å². The van der Waals surface area contributed by atoms with Gasteiger partial charge in [0.05, 0.1) is 24.0 Å². The first-order chi connectivity index (χ1) is 14.2. The normalized spacial score (nSPS) is 22.1. The smallest absolute Gasteiger partial charge is 0.255 e. The summed E-state index contributed by atoms with van der Waals surface area (Å²) in [6.07, 6.45) is 10.9. The third-order valence-corrected chi connectivity index (χ3v) is 6.11. The molecule has 0 atom stereocenters. The van der Waals surface area contributed by atoms with Gasteiger partial charge in [0.2, 0.25) is 0 Å². The zero-order chi connectivity index (χ0) is 20.2. The van der Waals surface area contributed by atoms with Crippen molar-refractivity contribution in [3.8, 4) is 0 Å². The van der Waals surface area contributed by atoms with Gasteiger partial charge in [0.1, 0.15) is 5.65 Å². The first-order valence-electron chi connectivity index (χ1n) is 11.1. The number of fused-ring (bicyclic) bond motifs is 1. The van der Waals surface area contributed by atoms with Crippen molar-refractivity contribution in [3.63, 3.8) is 0 Å². The number of unbranched alkanes of at least 4 members (excludes halogenated alkanes) is 1. The molecule has 2 aliphatic rings. The molecule has 0 unspecified atom stereocenters. The van der Waals surface area contributed by atoms with Crippen LogP contribution in [0.1, 0.15) is 86.0 Å². The highest BCUT2D eigenvalue weighted by Gasteiger charge is 2.28. The van der Waals surface area contributed by atoms with Crippen LogP contribution in [0.3, 0.4) is 0 Å². The second kappa shape index (κ2) is 9.26. The van der Waals surface area contributed by atoms with E-state index in [4.69, 9.17) is 14.5 Å². The molecule has 1 N–H and O–H groups in total. The Bertz CT molecular complexity index is 835. The third-order valence-electron chi connectivity index (χ3n) is 6.11. The fourth-order valence-electron chi connectivity index (χ4n) is 4.22. The molecule has 0 aromatic carbocycles. The molecule has 0 bridgehead atoms. The van der Waals surface area contributed by atoms with Crippen LogP contribution in [0.15, 0.2) is 18.3 Å². The molecule has 0 saturated heterocycles. The molecule has 4 rings (SSSR count). The Hall–Kier alpha value is -1.92. The van der Waals surface area contributed by atoms with Crippen molar-refractivity contribution < 1.29 is 14.3 Å². The highest BCUT2D eigenvalue weighted by atomic mass is 16.5. The van der Waals surface area contributed by atoms with Gasteiger partial charge in [-0.2, -0.15) is 0 Å². The summed E-state index contributed by atoms with van der Waals surface area (Å²) in [4.78, 5) is 17.9. The molecule has 0 aliphatic heterocycles. The van der Waals surface area contributed by atoms with Gasteiger partial charge < -0.3 is 19.2 Å². The predicted octanol–water partition coefficient (Wildman–Crippen LogP) is 4.22. The van der Waals surface area contributed by atoms with E-state index in [9.17, 15) is 4.79 Å². The molecule has 158 valence electrons. The van der Waals surface area contributed by atoms with E-state index >= 15 is 0 Å². The second-order valence-corrected chi connectivity index (χ2v) is 8.47. The number of carbonyl (C=O) groups is 1. The molecular weight excluding hydrogens is 366 g/mol. The highest BCUT2D eigenvalue weighted by Crippen LogP contribution is 2.39. The van der Waals surface area contributed by atoms with Crippen LogP contribution in [0.25, 0.3) is 5.65 Å². The van der Waals surface area contributed by atoms with Crippen molar-refractivity contribution in [3.05, 3.63) is 35.3 Å². The zero-order valence-electron chi connectivity index (χ0n) is 17.7. The maximum Gasteiger partial charge on any atom is 0.255 e. The quantitative estimate of drug-likeness (QED) is 0.642. The van der Waals surface area contributed by atoms with Crippen LogP contribution in [-0.4, -0.2) is 41.2 Å². The minimum absolute atomic E-state index is 0.0216. The Kier molecular flexibility index (Phi) is 6.50. The summed E-state index contributed by atoms with van der Waals surface area (Å²) in [6, 6.07) is 4.22. The fraction of sp³-hybridized carbons (Fsp3) is 0.652. The number of hydrogen-bond acceptors (Lipinski definition) is 4. The van der Waals surface area contributed by atoms with Gasteiger partial charge in [-0.1, -0.05) is 13.3 Å². The Morgan fingerprint density at radius 1 is 1.24 bits per heavy atom. The predicted molar refractivity (Wildman–Crippen MR) is 112 cm³/mol. The summed E-state index contributed by atoms with van der Waals surface area (Å²) >= 11 is 0. The minimum atomic E-state index is -0.0216. The number of nitrogens with one attached hydrogen (secondary N) is 1. The molecule has 0 radical (unpaired) electrons. The van der Waals surface area contributed by atoms with Crippen LogP contribution in [-0.2, 0) is 16.1 Å². The first kappa shape index (κ1) is 20.4. The molecule has 2 fully saturated rings. The van der Waals surface area contributed by atoms with Crippen LogP contribution in [0.2, 0.25) is 0 Å². The van der Waals surface area contributed by atoms with E-state index in [1.54, 1.807) is 7.11 Å². The average Bonchev–Trinajstić information content (AvgIpc) is 3.49. The van der Waals surface area contributed by atoms with Crippen molar-refractivity contribution >= 4 is 11.6 Å². The number of aromatic nitrogens is 2. The van der Waals surface area contributed by atoms with E-state index in [0.717, 1.165) is 55.7 Å². The number of carbonyl (C=O) groups excluding carboxylic acids is 1. The van der Waals surface area contributed by atoms with Crippen molar-refractivity contribution in [2.24, 2.45) is 0 Å². The zero-order valence-corrected chi connectivity index (χ0v) is 17.7. The molecule has 2 aromatic heterocycles. The van der Waals surface area contributed by atoms with Crippen molar-refractivity contribution in [1.29, 1.82) is 0 Å². The third kappa shape index (κ3) is 4.81. The molecule has 0 spiro atoms. The topological polar surface area (TPSA) is 64.9 Å². The van der Waals surface area contributed by atoms with Gasteiger partial charge in [0.15, 0.2) is 0 Å². The number of rotatable bonds is 9. The van der Waals surface area contributed by atoms with Gasteiger partial charge in [-0.25, -0.2) is 4.98 Å². The monoisotopic (exact) mass is 399 g/mol. The van der Waals surface area contributed by atoms with Crippen LogP contribution in [0, 0.1) is 0 Å². The van der Waals surface area contributed by atoms with Gasteiger partial charge in [-0.3, -0.25) is 4.79 Å². The van der Waals surface area contributed by atoms with E-state index in [2.05, 4.69) is 18.3 Å². The Morgan fingerprint density at radius 3 is 2.72 bits per heavy atom. The summed E-state index contributed by atoms with van der Waals surface area (Å²) < 4.78 is 13.3. The standard InChI is InChI=1S/C23H33N3O3/c1-3-4-13-29-19-9-7-17(8-10-19)24-23(27)20-11-12-26-18(15-28-2)14-21(16-5-6-16)25-22(20)26/h11-12,14,16-17,19H,3-10,13,15H2,1-2H3,(H,24,27)/t17-,19-. The minimum Gasteiger partial charge on any atom is -0.378 e. The summed E-state index contributed by atoms with van der Waals surface area (Å²) in [5, 5.41) is 3.24. The number of methoxy groups -OCH3 is 1. The van der Waals surface area contributed by atoms with Gasteiger partial charge >= 0.3 is 0 Å². The summed E-state index contributed by atoms with van der Waals surface area (Å²) in [6.45, 7) is 3.55. The SMILES string of the molecule is CCCCO[C@H]1CC[C@H](NC(=O)c2ccn3c(COC)cc(C4CC4)nc23)CC1. The lowest BCUT2D eigenvalue weighted by Crippen LogP contribution is -2.39. The highest BCUT2D eigenvalue weighted by molar-refractivity contribution is 6.00. The van der Waals surface area contributed by atoms with Gasteiger partial charge in [-0.15, -0.1) is 0 Å². The number of amides is 1. The molecule has 1 amide bonds. The van der Waals surface area contributed by atoms with Gasteiger partial charge in [-0.05, 0) is 57.1 Å². The lowest BCUT2D eigenvalue weighted by Gasteiger charge is -2.29. The van der Waals surface area contributed by atoms with E-state index in [-0.39, 0.29) is 11.9 Å². The van der Waals surface area contributed by atoms with Crippen LogP contribution < -0.4 is 5.32 Å². The molecule has 6 nitrogen and oxygen atoms in total. The maximum atomic E-state index is 13.0. The molecule has 29 heavy (non-hydrogen) atoms. The van der Waals surface area contributed by atoms with E-state index in [1.165, 1.54) is 19.3 Å². The first-order valence-corrected chi connectivity index (χ1v) is 11.1. The lowest BCUT2D eigenvalue weighted by atomic mass is 9.92. The van der Waals surface area contributed by atoms with E-state index in [0.29, 0.717) is 24.2 Å². The Morgan fingerprint density at radius 2 is 2.03 bits per heavy atom. The van der Waals surface area contributed by atoms with Gasteiger partial charge in [0.25, 0.3) is 5.91 Å². The number of nitrogens with zero attached hydrogens (tertiary/aromatic N) is 2. The summed E-state index contributed by atoms with van der Waals surface area (Å²) in [7, 11) is 1.70. The molecule has 2 heterocycles. The second-order valence-electron chi connectivity index (χ2n) is 8.47. The Balaban J connectivity index is 1.42. The van der Waals surface area contributed by atoms with Crippen LogP contribution >= 0.6 is 0 Å². The summed E-state index contributed by atoms with van der Waals surface area (Å²) in [5.74, 6) is 0.510. The Labute approximate surface area is 173 Å². The molecule has 2 aromatic rings. The summed E-state index contributed by atoms with van der Waals surface area (Å²) in [5.41, 5.74) is 3.53. The molecule has 2 saturated carbocycles. The largest absolute Gasteiger partial charge is 0.378 e. The van der Waals surface area contributed by atoms with Crippen molar-refractivity contribution in [1.82, 2.24) is 14.7 Å². The van der Waals surface area contributed by atoms with Crippen LogP contribution in [0.5, 0.6) is 0 Å².